The Bertz CT molecular complexity index is 886. The SMILES string of the molecule is COCCCN1C(=O)[C@@H](CC(=O)Nc2ccccc2C)SC1=Nc1ccccc1. The molecule has 1 heterocycles. The third-order valence-corrected chi connectivity index (χ3v) is 5.70. The van der Waals surface area contributed by atoms with Gasteiger partial charge >= 0.3 is 0 Å². The molecular formula is C22H25N3O3S. The Morgan fingerprint density at radius 2 is 1.90 bits per heavy atom. The lowest BCUT2D eigenvalue weighted by Gasteiger charge is -2.16. The number of nitrogens with zero attached hydrogens (tertiary/aromatic N) is 2. The number of amidine groups is 1. The number of methoxy groups -OCH3 is 1. The van der Waals surface area contributed by atoms with Gasteiger partial charge in [-0.15, -0.1) is 0 Å². The first-order valence-electron chi connectivity index (χ1n) is 9.54. The number of thioether (sulfide) groups is 1. The first-order chi connectivity index (χ1) is 14.1. The molecular weight excluding hydrogens is 386 g/mol. The zero-order valence-electron chi connectivity index (χ0n) is 16.6. The van der Waals surface area contributed by atoms with Crippen LogP contribution in [0.25, 0.3) is 0 Å². The highest BCUT2D eigenvalue weighted by Crippen LogP contribution is 2.32. The second kappa shape index (κ2) is 10.2. The Balaban J connectivity index is 1.72. The highest BCUT2D eigenvalue weighted by molar-refractivity contribution is 8.15. The number of rotatable bonds is 8. The minimum atomic E-state index is -0.482. The second-order valence-electron chi connectivity index (χ2n) is 6.74. The second-order valence-corrected chi connectivity index (χ2v) is 7.91. The number of amides is 2. The van der Waals surface area contributed by atoms with Crippen LogP contribution in [0.15, 0.2) is 59.6 Å². The number of para-hydroxylation sites is 2. The Kier molecular flexibility index (Phi) is 7.43. The first kappa shape index (κ1) is 21.1. The summed E-state index contributed by atoms with van der Waals surface area (Å²) in [6.45, 7) is 3.01. The predicted octanol–water partition coefficient (Wildman–Crippen LogP) is 3.99. The molecule has 1 N–H and O–H groups in total. The summed E-state index contributed by atoms with van der Waals surface area (Å²) in [4.78, 5) is 31.8. The van der Waals surface area contributed by atoms with E-state index in [0.29, 0.717) is 24.7 Å². The van der Waals surface area contributed by atoms with E-state index in [-0.39, 0.29) is 18.2 Å². The smallest absolute Gasteiger partial charge is 0.242 e. The number of nitrogens with one attached hydrogen (secondary N) is 1. The summed E-state index contributed by atoms with van der Waals surface area (Å²) in [5.41, 5.74) is 2.53. The van der Waals surface area contributed by atoms with Crippen molar-refractivity contribution >= 4 is 40.1 Å². The van der Waals surface area contributed by atoms with Gasteiger partial charge < -0.3 is 10.1 Å². The summed E-state index contributed by atoms with van der Waals surface area (Å²) in [6.07, 6.45) is 0.811. The van der Waals surface area contributed by atoms with Crippen molar-refractivity contribution in [1.82, 2.24) is 4.90 Å². The fraction of sp³-hybridized carbons (Fsp3) is 0.318. The summed E-state index contributed by atoms with van der Waals surface area (Å²) in [5.74, 6) is -0.260. The van der Waals surface area contributed by atoms with E-state index in [9.17, 15) is 9.59 Å². The number of anilines is 1. The minimum Gasteiger partial charge on any atom is -0.385 e. The van der Waals surface area contributed by atoms with Crippen molar-refractivity contribution in [1.29, 1.82) is 0 Å². The normalized spacial score (nSPS) is 17.7. The van der Waals surface area contributed by atoms with Crippen LogP contribution in [0.1, 0.15) is 18.4 Å². The standard InChI is InChI=1S/C22H25N3O3S/c1-16-9-6-7-12-18(16)24-20(26)15-19-21(27)25(13-8-14-28-2)22(29-19)23-17-10-4-3-5-11-17/h3-7,9-12,19H,8,13-15H2,1-2H3,(H,24,26)/t19-/m1/s1. The molecule has 1 fully saturated rings. The minimum absolute atomic E-state index is 0.0827. The molecule has 7 heteroatoms. The summed E-state index contributed by atoms with van der Waals surface area (Å²) < 4.78 is 5.11. The van der Waals surface area contributed by atoms with Gasteiger partial charge in [0, 0.05) is 32.4 Å². The number of hydrogen-bond acceptors (Lipinski definition) is 5. The van der Waals surface area contributed by atoms with Crippen LogP contribution in [0.5, 0.6) is 0 Å². The van der Waals surface area contributed by atoms with Crippen LogP contribution in [0.3, 0.4) is 0 Å². The molecule has 0 bridgehead atoms. The van der Waals surface area contributed by atoms with Crippen LogP contribution >= 0.6 is 11.8 Å². The summed E-state index contributed by atoms with van der Waals surface area (Å²) in [6, 6.07) is 17.1. The highest BCUT2D eigenvalue weighted by Gasteiger charge is 2.38. The van der Waals surface area contributed by atoms with Crippen molar-refractivity contribution in [2.24, 2.45) is 4.99 Å². The van der Waals surface area contributed by atoms with E-state index in [4.69, 9.17) is 4.74 Å². The maximum Gasteiger partial charge on any atom is 0.242 e. The Labute approximate surface area is 175 Å². The van der Waals surface area contributed by atoms with Gasteiger partial charge in [-0.1, -0.05) is 48.2 Å². The lowest BCUT2D eigenvalue weighted by atomic mass is 10.2. The molecule has 1 saturated heterocycles. The quantitative estimate of drug-likeness (QED) is 0.667. The number of aryl methyl sites for hydroxylation is 1. The van der Waals surface area contributed by atoms with Crippen molar-refractivity contribution in [3.05, 3.63) is 60.2 Å². The van der Waals surface area contributed by atoms with E-state index in [1.54, 1.807) is 12.0 Å². The van der Waals surface area contributed by atoms with Crippen molar-refractivity contribution in [3.8, 4) is 0 Å². The number of benzene rings is 2. The first-order valence-corrected chi connectivity index (χ1v) is 10.4. The summed E-state index contributed by atoms with van der Waals surface area (Å²) in [7, 11) is 1.64. The Morgan fingerprint density at radius 3 is 2.62 bits per heavy atom. The van der Waals surface area contributed by atoms with Crippen molar-refractivity contribution in [3.63, 3.8) is 0 Å². The molecule has 2 amide bonds. The van der Waals surface area contributed by atoms with Gasteiger partial charge in [0.25, 0.3) is 0 Å². The molecule has 2 aromatic carbocycles. The number of ether oxygens (including phenoxy) is 1. The molecule has 1 aliphatic heterocycles. The lowest BCUT2D eigenvalue weighted by Crippen LogP contribution is -2.34. The van der Waals surface area contributed by atoms with Gasteiger partial charge in [0.15, 0.2) is 5.17 Å². The maximum absolute atomic E-state index is 13.0. The van der Waals surface area contributed by atoms with Crippen LogP contribution in [0.2, 0.25) is 0 Å². The van der Waals surface area contributed by atoms with E-state index in [1.165, 1.54) is 11.8 Å². The molecule has 2 aromatic rings. The molecule has 1 atom stereocenters. The van der Waals surface area contributed by atoms with Gasteiger partial charge in [0.05, 0.1) is 5.69 Å². The van der Waals surface area contributed by atoms with Gasteiger partial charge in [-0.2, -0.15) is 0 Å². The van der Waals surface area contributed by atoms with Crippen LogP contribution in [0, 0.1) is 6.92 Å². The van der Waals surface area contributed by atoms with Gasteiger partial charge in [-0.25, -0.2) is 4.99 Å². The number of hydrogen-bond donors (Lipinski definition) is 1. The average Bonchev–Trinajstić information content (AvgIpc) is 2.99. The van der Waals surface area contributed by atoms with Crippen LogP contribution < -0.4 is 5.32 Å². The largest absolute Gasteiger partial charge is 0.385 e. The molecule has 0 aromatic heterocycles. The third kappa shape index (κ3) is 5.68. The fourth-order valence-electron chi connectivity index (χ4n) is 2.99. The van der Waals surface area contributed by atoms with Crippen LogP contribution in [-0.4, -0.2) is 47.4 Å². The molecule has 29 heavy (non-hydrogen) atoms. The van der Waals surface area contributed by atoms with Gasteiger partial charge in [-0.3, -0.25) is 14.5 Å². The molecule has 3 rings (SSSR count). The molecule has 0 saturated carbocycles. The molecule has 1 aliphatic rings. The summed E-state index contributed by atoms with van der Waals surface area (Å²) in [5, 5.41) is 3.05. The topological polar surface area (TPSA) is 71.0 Å². The van der Waals surface area contributed by atoms with E-state index in [0.717, 1.165) is 16.9 Å². The summed E-state index contributed by atoms with van der Waals surface area (Å²) >= 11 is 1.35. The van der Waals surface area contributed by atoms with Gasteiger partial charge in [0.2, 0.25) is 11.8 Å². The lowest BCUT2D eigenvalue weighted by molar-refractivity contribution is -0.128. The monoisotopic (exact) mass is 411 g/mol. The van der Waals surface area contributed by atoms with Gasteiger partial charge in [0.1, 0.15) is 5.25 Å². The van der Waals surface area contributed by atoms with Gasteiger partial charge in [-0.05, 0) is 37.1 Å². The Morgan fingerprint density at radius 1 is 1.17 bits per heavy atom. The zero-order valence-corrected chi connectivity index (χ0v) is 17.4. The Hall–Kier alpha value is -2.64. The maximum atomic E-state index is 13.0. The highest BCUT2D eigenvalue weighted by atomic mass is 32.2. The van der Waals surface area contributed by atoms with E-state index in [1.807, 2.05) is 61.5 Å². The van der Waals surface area contributed by atoms with Crippen molar-refractivity contribution < 1.29 is 14.3 Å². The molecule has 0 spiro atoms. The number of carbonyl (C=O) groups is 2. The molecule has 6 nitrogen and oxygen atoms in total. The molecule has 0 aliphatic carbocycles. The fourth-order valence-corrected chi connectivity index (χ4v) is 4.18. The predicted molar refractivity (Wildman–Crippen MR) is 118 cm³/mol. The van der Waals surface area contributed by atoms with E-state index in [2.05, 4.69) is 10.3 Å². The third-order valence-electron chi connectivity index (χ3n) is 4.52. The molecule has 152 valence electrons. The van der Waals surface area contributed by atoms with Crippen LogP contribution in [-0.2, 0) is 14.3 Å². The van der Waals surface area contributed by atoms with Crippen molar-refractivity contribution in [2.75, 3.05) is 25.6 Å². The molecule has 0 radical (unpaired) electrons. The zero-order chi connectivity index (χ0) is 20.6. The van der Waals surface area contributed by atoms with Crippen LogP contribution in [0.4, 0.5) is 11.4 Å². The molecule has 0 unspecified atom stereocenters. The number of carbonyl (C=O) groups excluding carboxylic acids is 2. The van der Waals surface area contributed by atoms with Crippen molar-refractivity contribution in [2.45, 2.75) is 25.0 Å². The van der Waals surface area contributed by atoms with E-state index >= 15 is 0 Å². The number of aliphatic imine (C=N–C) groups is 1. The average molecular weight is 412 g/mol. The van der Waals surface area contributed by atoms with E-state index < -0.39 is 5.25 Å².